The van der Waals surface area contributed by atoms with Crippen LogP contribution in [-0.4, -0.2) is 14.2 Å². The number of ether oxygens (including phenoxy) is 2. The maximum absolute atomic E-state index is 5.73. The van der Waals surface area contributed by atoms with Crippen LogP contribution in [0, 0.1) is 17.8 Å². The predicted octanol–water partition coefficient (Wildman–Crippen LogP) is 6.28. The lowest BCUT2D eigenvalue weighted by Gasteiger charge is -2.45. The summed E-state index contributed by atoms with van der Waals surface area (Å²) in [6, 6.07) is 4.70. The van der Waals surface area contributed by atoms with E-state index in [9.17, 15) is 0 Å². The van der Waals surface area contributed by atoms with Gasteiger partial charge in [0.2, 0.25) is 0 Å². The maximum atomic E-state index is 5.73. The SMILES string of the molecule is C=C(C)c1cc2c(cc1OC)[C@@H]1CCCC[C@@H]1[C@H](C1C=CC(OC)=CC1)C2. The summed E-state index contributed by atoms with van der Waals surface area (Å²) in [7, 11) is 3.54. The van der Waals surface area contributed by atoms with E-state index < -0.39 is 0 Å². The summed E-state index contributed by atoms with van der Waals surface area (Å²) in [4.78, 5) is 0. The van der Waals surface area contributed by atoms with Crippen molar-refractivity contribution in [3.05, 3.63) is 59.4 Å². The molecule has 0 aromatic heterocycles. The Balaban J connectivity index is 1.71. The molecule has 3 aliphatic rings. The summed E-state index contributed by atoms with van der Waals surface area (Å²) in [5.41, 5.74) is 5.33. The number of benzene rings is 1. The van der Waals surface area contributed by atoms with Crippen molar-refractivity contribution in [3.63, 3.8) is 0 Å². The van der Waals surface area contributed by atoms with Crippen LogP contribution in [0.5, 0.6) is 5.75 Å². The first-order valence-corrected chi connectivity index (χ1v) is 10.4. The third-order valence-corrected chi connectivity index (χ3v) is 7.03. The Morgan fingerprint density at radius 1 is 1.07 bits per heavy atom. The maximum Gasteiger partial charge on any atom is 0.126 e. The van der Waals surface area contributed by atoms with Crippen molar-refractivity contribution in [2.45, 2.75) is 51.4 Å². The minimum Gasteiger partial charge on any atom is -0.497 e. The van der Waals surface area contributed by atoms with E-state index in [1.165, 1.54) is 43.2 Å². The van der Waals surface area contributed by atoms with Gasteiger partial charge in [0.15, 0.2) is 0 Å². The minimum absolute atomic E-state index is 0.623. The number of rotatable bonds is 4. The monoisotopic (exact) mass is 364 g/mol. The molecule has 144 valence electrons. The second kappa shape index (κ2) is 7.58. The van der Waals surface area contributed by atoms with Crippen molar-refractivity contribution in [2.24, 2.45) is 17.8 Å². The average molecular weight is 365 g/mol. The molecule has 0 aliphatic heterocycles. The number of hydrogen-bond acceptors (Lipinski definition) is 2. The Bertz CT molecular complexity index is 786. The van der Waals surface area contributed by atoms with Crippen LogP contribution in [0.4, 0.5) is 0 Å². The van der Waals surface area contributed by atoms with Crippen LogP contribution >= 0.6 is 0 Å². The molecule has 2 heteroatoms. The first kappa shape index (κ1) is 18.4. The Hall–Kier alpha value is -1.96. The Kier molecular flexibility index (Phi) is 5.16. The highest BCUT2D eigenvalue weighted by molar-refractivity contribution is 5.69. The highest BCUT2D eigenvalue weighted by Crippen LogP contribution is 2.52. The van der Waals surface area contributed by atoms with Crippen molar-refractivity contribution in [1.82, 2.24) is 0 Å². The summed E-state index contributed by atoms with van der Waals surface area (Å²) < 4.78 is 11.1. The van der Waals surface area contributed by atoms with Crippen LogP contribution in [0.3, 0.4) is 0 Å². The van der Waals surface area contributed by atoms with Crippen LogP contribution in [0.1, 0.15) is 61.6 Å². The lowest BCUT2D eigenvalue weighted by atomic mass is 9.59. The summed E-state index contributed by atoms with van der Waals surface area (Å²) in [5, 5.41) is 0. The molecule has 0 bridgehead atoms. The molecule has 4 rings (SSSR count). The molecule has 0 heterocycles. The van der Waals surface area contributed by atoms with E-state index in [1.54, 1.807) is 19.8 Å². The average Bonchev–Trinajstić information content (AvgIpc) is 2.72. The first-order chi connectivity index (χ1) is 13.1. The molecular formula is C25H32O2. The molecule has 0 radical (unpaired) electrons. The Morgan fingerprint density at radius 3 is 2.56 bits per heavy atom. The van der Waals surface area contributed by atoms with Crippen molar-refractivity contribution in [2.75, 3.05) is 14.2 Å². The normalized spacial score (nSPS) is 29.4. The number of fused-ring (bicyclic) bond motifs is 3. The summed E-state index contributed by atoms with van der Waals surface area (Å²) in [5.74, 6) is 4.82. The fourth-order valence-electron chi connectivity index (χ4n) is 5.68. The first-order valence-electron chi connectivity index (χ1n) is 10.4. The zero-order valence-corrected chi connectivity index (χ0v) is 17.0. The van der Waals surface area contributed by atoms with Gasteiger partial charge in [-0.3, -0.25) is 0 Å². The van der Waals surface area contributed by atoms with Crippen LogP contribution in [-0.2, 0) is 11.2 Å². The molecule has 0 amide bonds. The van der Waals surface area contributed by atoms with E-state index in [4.69, 9.17) is 9.47 Å². The molecule has 1 aromatic carbocycles. The Labute approximate surface area is 164 Å². The molecule has 1 saturated carbocycles. The second-order valence-electron chi connectivity index (χ2n) is 8.52. The molecule has 1 fully saturated rings. The lowest BCUT2D eigenvalue weighted by molar-refractivity contribution is 0.155. The van der Waals surface area contributed by atoms with Gasteiger partial charge in [0.1, 0.15) is 11.5 Å². The van der Waals surface area contributed by atoms with Gasteiger partial charge in [-0.25, -0.2) is 0 Å². The van der Waals surface area contributed by atoms with Gasteiger partial charge in [-0.05, 0) is 97.3 Å². The van der Waals surface area contributed by atoms with Crippen LogP contribution in [0.25, 0.3) is 5.57 Å². The zero-order valence-electron chi connectivity index (χ0n) is 17.0. The van der Waals surface area contributed by atoms with Gasteiger partial charge >= 0.3 is 0 Å². The molecule has 3 aliphatic carbocycles. The van der Waals surface area contributed by atoms with E-state index in [1.807, 2.05) is 0 Å². The molecule has 27 heavy (non-hydrogen) atoms. The fourth-order valence-corrected chi connectivity index (χ4v) is 5.68. The molecular weight excluding hydrogens is 332 g/mol. The topological polar surface area (TPSA) is 18.5 Å². The molecule has 0 N–H and O–H groups in total. The van der Waals surface area contributed by atoms with Gasteiger partial charge in [-0.15, -0.1) is 0 Å². The van der Waals surface area contributed by atoms with Crippen molar-refractivity contribution >= 4 is 5.57 Å². The lowest BCUT2D eigenvalue weighted by Crippen LogP contribution is -2.36. The van der Waals surface area contributed by atoms with Crippen molar-refractivity contribution < 1.29 is 9.47 Å². The van der Waals surface area contributed by atoms with Crippen molar-refractivity contribution in [3.8, 4) is 5.75 Å². The third kappa shape index (κ3) is 3.35. The fraction of sp³-hybridized carbons (Fsp3) is 0.520. The summed E-state index contributed by atoms with van der Waals surface area (Å²) in [6.45, 7) is 6.26. The highest BCUT2D eigenvalue weighted by atomic mass is 16.5. The molecule has 0 spiro atoms. The number of methoxy groups -OCH3 is 2. The standard InChI is InChI=1S/C25H32O2/c1-16(2)22-13-18-14-23(17-9-11-19(26-3)12-10-17)20-7-5-6-8-21(20)24(18)15-25(22)27-4/h9,11-13,15,17,20-21,23H,1,5-8,10,14H2,2-4H3/t17?,20-,21+,23-/m0/s1. The number of hydrogen-bond donors (Lipinski definition) is 0. The summed E-state index contributed by atoms with van der Waals surface area (Å²) in [6.07, 6.45) is 14.5. The van der Waals surface area contributed by atoms with Gasteiger partial charge < -0.3 is 9.47 Å². The largest absolute Gasteiger partial charge is 0.497 e. The minimum atomic E-state index is 0.623. The molecule has 0 saturated heterocycles. The third-order valence-electron chi connectivity index (χ3n) is 7.03. The molecule has 1 aromatic rings. The van der Waals surface area contributed by atoms with Gasteiger partial charge in [-0.2, -0.15) is 0 Å². The van der Waals surface area contributed by atoms with Gasteiger partial charge in [0, 0.05) is 5.56 Å². The van der Waals surface area contributed by atoms with E-state index in [-0.39, 0.29) is 0 Å². The van der Waals surface area contributed by atoms with Gasteiger partial charge in [0.25, 0.3) is 0 Å². The van der Waals surface area contributed by atoms with E-state index in [0.29, 0.717) is 11.8 Å². The molecule has 4 atom stereocenters. The number of allylic oxidation sites excluding steroid dienone is 4. The predicted molar refractivity (Wildman–Crippen MR) is 112 cm³/mol. The summed E-state index contributed by atoms with van der Waals surface area (Å²) >= 11 is 0. The molecule has 1 unspecified atom stereocenters. The van der Waals surface area contributed by atoms with E-state index in [2.05, 4.69) is 43.9 Å². The molecule has 2 nitrogen and oxygen atoms in total. The highest BCUT2D eigenvalue weighted by Gasteiger charge is 2.41. The quantitative estimate of drug-likeness (QED) is 0.626. The van der Waals surface area contributed by atoms with Crippen LogP contribution < -0.4 is 4.74 Å². The van der Waals surface area contributed by atoms with E-state index in [0.717, 1.165) is 35.3 Å². The second-order valence-corrected chi connectivity index (χ2v) is 8.52. The smallest absolute Gasteiger partial charge is 0.126 e. The van der Waals surface area contributed by atoms with Crippen LogP contribution in [0.15, 0.2) is 42.7 Å². The van der Waals surface area contributed by atoms with Gasteiger partial charge in [-0.1, -0.05) is 25.5 Å². The van der Waals surface area contributed by atoms with Crippen LogP contribution in [0.2, 0.25) is 0 Å². The van der Waals surface area contributed by atoms with Crippen molar-refractivity contribution in [1.29, 1.82) is 0 Å². The van der Waals surface area contributed by atoms with Gasteiger partial charge in [0.05, 0.1) is 14.2 Å². The van der Waals surface area contributed by atoms with E-state index >= 15 is 0 Å². The zero-order chi connectivity index (χ0) is 19.0. The Morgan fingerprint density at radius 2 is 1.89 bits per heavy atom.